The Balaban J connectivity index is 0.976. The number of hydrogen-bond acceptors (Lipinski definition) is 10. The van der Waals surface area contributed by atoms with Gasteiger partial charge >= 0.3 is 23.9 Å². The summed E-state index contributed by atoms with van der Waals surface area (Å²) in [5.74, 6) is 0.344. The first-order chi connectivity index (χ1) is 32.9. The maximum Gasteiger partial charge on any atom is 0.338 e. The van der Waals surface area contributed by atoms with Crippen molar-refractivity contribution in [2.45, 2.75) is 150 Å². The maximum absolute atomic E-state index is 13.9. The van der Waals surface area contributed by atoms with Crippen LogP contribution in [0.3, 0.4) is 0 Å². The second kappa shape index (κ2) is 19.1. The van der Waals surface area contributed by atoms with E-state index in [1.807, 2.05) is 12.1 Å². The van der Waals surface area contributed by atoms with Crippen molar-refractivity contribution in [3.05, 3.63) is 120 Å². The normalized spacial score (nSPS) is 37.6. The monoisotopic (exact) mass is 943 g/mol. The van der Waals surface area contributed by atoms with Crippen molar-refractivity contribution in [1.82, 2.24) is 0 Å². The van der Waals surface area contributed by atoms with Gasteiger partial charge in [-0.2, -0.15) is 0 Å². The Hall–Kier alpha value is -4.80. The van der Waals surface area contributed by atoms with Crippen LogP contribution in [0.25, 0.3) is 0 Å². The van der Waals surface area contributed by atoms with Crippen LogP contribution in [0.2, 0.25) is 0 Å². The van der Waals surface area contributed by atoms with Crippen molar-refractivity contribution in [2.75, 3.05) is 13.2 Å². The molecule has 10 nitrogen and oxygen atoms in total. The van der Waals surface area contributed by atoms with E-state index in [-0.39, 0.29) is 45.8 Å². The lowest BCUT2D eigenvalue weighted by Gasteiger charge is -2.73. The van der Waals surface area contributed by atoms with Gasteiger partial charge in [-0.05, 0) is 165 Å². The van der Waals surface area contributed by atoms with Crippen LogP contribution in [0.4, 0.5) is 0 Å². The predicted octanol–water partition coefficient (Wildman–Crippen LogP) is 12.0. The van der Waals surface area contributed by atoms with Gasteiger partial charge in [-0.15, -0.1) is 0 Å². The van der Waals surface area contributed by atoms with Crippen LogP contribution in [0.1, 0.15) is 150 Å². The van der Waals surface area contributed by atoms with E-state index in [9.17, 15) is 19.2 Å². The van der Waals surface area contributed by atoms with Crippen molar-refractivity contribution >= 4 is 23.9 Å². The first-order valence-corrected chi connectivity index (χ1v) is 25.8. The average Bonchev–Trinajstić information content (AvgIpc) is 3.72. The molecule has 0 amide bonds. The van der Waals surface area contributed by atoms with Crippen LogP contribution in [0, 0.1) is 56.7 Å². The van der Waals surface area contributed by atoms with Gasteiger partial charge < -0.3 is 28.4 Å². The summed E-state index contributed by atoms with van der Waals surface area (Å²) in [4.78, 5) is 53.6. The van der Waals surface area contributed by atoms with Gasteiger partial charge in [0.25, 0.3) is 0 Å². The number of benzene rings is 3. The number of ether oxygens (including phenoxy) is 6. The first-order valence-electron chi connectivity index (χ1n) is 25.8. The number of hydrogen-bond donors (Lipinski definition) is 0. The van der Waals surface area contributed by atoms with Crippen molar-refractivity contribution in [3.63, 3.8) is 0 Å². The Labute approximate surface area is 409 Å². The highest BCUT2D eigenvalue weighted by molar-refractivity contribution is 5.91. The molecule has 14 atom stereocenters. The fraction of sp³-hybridized carbons (Fsp3) is 0.593. The zero-order valence-electron chi connectivity index (χ0n) is 41.9. The molecule has 3 aromatic carbocycles. The average molecular weight is 943 g/mol. The molecule has 1 aliphatic heterocycles. The number of carbonyl (C=O) groups excluding carboxylic acids is 4. The number of rotatable bonds is 12. The van der Waals surface area contributed by atoms with Crippen LogP contribution >= 0.6 is 0 Å². The topological polar surface area (TPSA) is 124 Å². The van der Waals surface area contributed by atoms with Gasteiger partial charge in [-0.1, -0.05) is 101 Å². The molecule has 6 aliphatic rings. The zero-order valence-corrected chi connectivity index (χ0v) is 41.9. The zero-order chi connectivity index (χ0) is 48.9. The number of carbonyl (C=O) groups is 4. The van der Waals surface area contributed by atoms with E-state index >= 15 is 0 Å². The summed E-state index contributed by atoms with van der Waals surface area (Å²) in [6.45, 7) is 21.2. The maximum atomic E-state index is 13.9. The third kappa shape index (κ3) is 8.78. The van der Waals surface area contributed by atoms with E-state index in [0.717, 1.165) is 51.4 Å². The summed E-state index contributed by atoms with van der Waals surface area (Å²) >= 11 is 0. The van der Waals surface area contributed by atoms with Crippen LogP contribution in [0.15, 0.2) is 103 Å². The molecule has 0 bridgehead atoms. The third-order valence-corrected chi connectivity index (χ3v) is 19.5. The largest absolute Gasteiger partial charge is 0.462 e. The minimum absolute atomic E-state index is 0.0139. The Bertz CT molecular complexity index is 2370. The summed E-state index contributed by atoms with van der Waals surface area (Å²) in [6, 6.07) is 25.8. The van der Waals surface area contributed by atoms with E-state index in [1.54, 1.807) is 85.8 Å². The fourth-order valence-electron chi connectivity index (χ4n) is 16.0. The Morgan fingerprint density at radius 2 is 1.19 bits per heavy atom. The molecular formula is C59H74O10. The molecule has 5 aliphatic carbocycles. The molecule has 3 aromatic rings. The predicted molar refractivity (Wildman–Crippen MR) is 262 cm³/mol. The van der Waals surface area contributed by atoms with Crippen LogP contribution in [-0.2, 0) is 33.2 Å². The molecule has 9 rings (SSSR count). The molecule has 6 fully saturated rings. The van der Waals surface area contributed by atoms with Gasteiger partial charge in [0.05, 0.1) is 29.9 Å². The van der Waals surface area contributed by atoms with Crippen molar-refractivity contribution in [2.24, 2.45) is 56.7 Å². The second-order valence-electron chi connectivity index (χ2n) is 23.1. The quantitative estimate of drug-likeness (QED) is 0.0985. The summed E-state index contributed by atoms with van der Waals surface area (Å²) in [5.41, 5.74) is 2.58. The lowest BCUT2D eigenvalue weighted by atomic mass is 9.32. The van der Waals surface area contributed by atoms with Gasteiger partial charge in [0, 0.05) is 12.3 Å². The number of esters is 4. The standard InChI is InChI=1S/C59H74O10/c1-37(2)42-26-31-59(33-32-57(7)43(48(42)59)24-25-46-56(6)29-28-47(66-38(3)60)55(4,5)45(56)27-30-58(46,57)8)34-35-64-54-50(69-53(63)41-22-16-11-17-23-41)49(68-52(62)40-20-14-10-15-21-40)44(36-65-54)67-51(61)39-18-12-9-13-19-39/h9-23,42-50,54H,1,24-36H2,2-8H3/t42-,43+,44+,45-,46+,47-,48+,49+,50-,54-,56-,57+,58+,59+/m0/s1. The van der Waals surface area contributed by atoms with E-state index in [4.69, 9.17) is 28.4 Å². The molecule has 5 saturated carbocycles. The molecule has 0 N–H and O–H groups in total. The minimum Gasteiger partial charge on any atom is -0.462 e. The van der Waals surface area contributed by atoms with Crippen LogP contribution in [0.5, 0.6) is 0 Å². The van der Waals surface area contributed by atoms with Crippen LogP contribution < -0.4 is 0 Å². The molecule has 0 radical (unpaired) electrons. The SMILES string of the molecule is C=C(C)[C@@H]1CC[C@]2(CCO[C@H]3OC[C@@H](OC(=O)c4ccccc4)[C@@H](OC(=O)c4ccccc4)[C@@H]3OC(=O)c3ccccc3)CC[C@]3(C)[C@H](CC[C@@H]4[C@@]5(C)CC[C@H](OC(C)=O)C(C)(C)[C@@H]5CC[C@]43C)[C@@H]12. The molecule has 1 heterocycles. The summed E-state index contributed by atoms with van der Waals surface area (Å²) in [5, 5.41) is 0. The summed E-state index contributed by atoms with van der Waals surface area (Å²) in [7, 11) is 0. The van der Waals surface area contributed by atoms with Crippen molar-refractivity contribution in [1.29, 1.82) is 0 Å². The summed E-state index contributed by atoms with van der Waals surface area (Å²) < 4.78 is 37.8. The molecule has 10 heteroatoms. The van der Waals surface area contributed by atoms with Gasteiger partial charge in [0.2, 0.25) is 0 Å². The smallest absolute Gasteiger partial charge is 0.338 e. The Morgan fingerprint density at radius 1 is 0.609 bits per heavy atom. The Kier molecular flexibility index (Phi) is 13.6. The molecule has 0 spiro atoms. The molecule has 69 heavy (non-hydrogen) atoms. The minimum atomic E-state index is -1.27. The van der Waals surface area contributed by atoms with Crippen molar-refractivity contribution in [3.8, 4) is 0 Å². The van der Waals surface area contributed by atoms with Gasteiger partial charge in [-0.25, -0.2) is 14.4 Å². The second-order valence-corrected chi connectivity index (χ2v) is 23.1. The van der Waals surface area contributed by atoms with E-state index in [0.29, 0.717) is 52.9 Å². The lowest BCUT2D eigenvalue weighted by molar-refractivity contribution is -0.272. The highest BCUT2D eigenvalue weighted by atomic mass is 16.7. The van der Waals surface area contributed by atoms with E-state index in [1.165, 1.54) is 24.8 Å². The molecule has 370 valence electrons. The highest BCUT2D eigenvalue weighted by Gasteiger charge is 2.71. The van der Waals surface area contributed by atoms with Crippen molar-refractivity contribution < 1.29 is 47.6 Å². The molecule has 1 saturated heterocycles. The van der Waals surface area contributed by atoms with E-state index < -0.39 is 42.5 Å². The van der Waals surface area contributed by atoms with Gasteiger partial charge in [0.1, 0.15) is 6.10 Å². The lowest BCUT2D eigenvalue weighted by Crippen LogP contribution is -2.66. The highest BCUT2D eigenvalue weighted by Crippen LogP contribution is 2.78. The number of allylic oxidation sites excluding steroid dienone is 1. The van der Waals surface area contributed by atoms with Gasteiger partial charge in [0.15, 0.2) is 24.6 Å². The molecule has 0 unspecified atom stereocenters. The third-order valence-electron chi connectivity index (χ3n) is 19.5. The van der Waals surface area contributed by atoms with E-state index in [2.05, 4.69) is 48.1 Å². The Morgan fingerprint density at radius 3 is 1.77 bits per heavy atom. The molecule has 0 aromatic heterocycles. The molecular weight excluding hydrogens is 869 g/mol. The number of fused-ring (bicyclic) bond motifs is 7. The summed E-state index contributed by atoms with van der Waals surface area (Å²) in [6.07, 6.45) is 7.12. The van der Waals surface area contributed by atoms with Gasteiger partial charge in [-0.3, -0.25) is 4.79 Å². The first kappa shape index (κ1) is 49.2. The fourth-order valence-corrected chi connectivity index (χ4v) is 16.0. The van der Waals surface area contributed by atoms with Crippen LogP contribution in [-0.4, -0.2) is 67.8 Å².